The van der Waals surface area contributed by atoms with Crippen molar-refractivity contribution >= 4 is 23.2 Å². The molecule has 16 heavy (non-hydrogen) atoms. The molecule has 0 bridgehead atoms. The first-order chi connectivity index (χ1) is 7.29. The molecule has 1 rings (SSSR count). The highest BCUT2D eigenvalue weighted by atomic mass is 35.5. The predicted octanol–water partition coefficient (Wildman–Crippen LogP) is 4.34. The molecule has 1 aromatic rings. The van der Waals surface area contributed by atoms with E-state index in [1.807, 2.05) is 0 Å². The van der Waals surface area contributed by atoms with E-state index in [1.54, 1.807) is 6.07 Å². The highest BCUT2D eigenvalue weighted by molar-refractivity contribution is 6.33. The molecule has 90 valence electrons. The van der Waals surface area contributed by atoms with Gasteiger partial charge in [-0.1, -0.05) is 23.2 Å². The minimum Gasteiger partial charge on any atom is -0.324 e. The maximum absolute atomic E-state index is 12.0. The summed E-state index contributed by atoms with van der Waals surface area (Å²) in [6.45, 7) is 0. The molecular formula is C10H10Cl2F3N. The van der Waals surface area contributed by atoms with E-state index in [4.69, 9.17) is 28.9 Å². The van der Waals surface area contributed by atoms with E-state index in [0.29, 0.717) is 15.6 Å². The van der Waals surface area contributed by atoms with Gasteiger partial charge in [0.05, 0.1) is 0 Å². The summed E-state index contributed by atoms with van der Waals surface area (Å²) in [4.78, 5) is 0. The van der Waals surface area contributed by atoms with Crippen molar-refractivity contribution in [2.45, 2.75) is 25.1 Å². The average Bonchev–Trinajstić information content (AvgIpc) is 2.17. The Hall–Kier alpha value is -0.450. The van der Waals surface area contributed by atoms with Crippen molar-refractivity contribution in [3.05, 3.63) is 33.8 Å². The lowest BCUT2D eigenvalue weighted by Crippen LogP contribution is -2.16. The van der Waals surface area contributed by atoms with E-state index in [9.17, 15) is 13.2 Å². The quantitative estimate of drug-likeness (QED) is 0.870. The summed E-state index contributed by atoms with van der Waals surface area (Å²) in [5, 5.41) is 0.737. The molecule has 0 heterocycles. The first-order valence-corrected chi connectivity index (χ1v) is 5.32. The SMILES string of the molecule is NC(CCC(F)(F)F)c1cc(Cl)ccc1Cl. The zero-order chi connectivity index (χ0) is 12.3. The molecule has 1 unspecified atom stereocenters. The second-order valence-corrected chi connectivity index (χ2v) is 4.27. The van der Waals surface area contributed by atoms with E-state index < -0.39 is 18.6 Å². The zero-order valence-electron chi connectivity index (χ0n) is 8.19. The van der Waals surface area contributed by atoms with Crippen LogP contribution in [0.15, 0.2) is 18.2 Å². The van der Waals surface area contributed by atoms with Crippen LogP contribution in [0.2, 0.25) is 10.0 Å². The number of halogens is 5. The lowest BCUT2D eigenvalue weighted by molar-refractivity contribution is -0.136. The monoisotopic (exact) mass is 271 g/mol. The molecule has 0 aliphatic rings. The van der Waals surface area contributed by atoms with Crippen molar-refractivity contribution < 1.29 is 13.2 Å². The van der Waals surface area contributed by atoms with E-state index in [-0.39, 0.29) is 6.42 Å². The van der Waals surface area contributed by atoms with Gasteiger partial charge in [0.2, 0.25) is 0 Å². The van der Waals surface area contributed by atoms with Crippen LogP contribution < -0.4 is 5.73 Å². The van der Waals surface area contributed by atoms with E-state index >= 15 is 0 Å². The maximum Gasteiger partial charge on any atom is 0.389 e. The van der Waals surface area contributed by atoms with Gasteiger partial charge in [-0.2, -0.15) is 13.2 Å². The van der Waals surface area contributed by atoms with E-state index in [2.05, 4.69) is 0 Å². The molecule has 0 saturated heterocycles. The van der Waals surface area contributed by atoms with Gasteiger partial charge in [-0.25, -0.2) is 0 Å². The highest BCUT2D eigenvalue weighted by Gasteiger charge is 2.28. The summed E-state index contributed by atoms with van der Waals surface area (Å²) in [6.07, 6.45) is -5.34. The summed E-state index contributed by atoms with van der Waals surface area (Å²) < 4.78 is 36.0. The average molecular weight is 272 g/mol. The molecule has 6 heteroatoms. The Morgan fingerprint density at radius 1 is 1.25 bits per heavy atom. The van der Waals surface area contributed by atoms with Gasteiger partial charge in [-0.05, 0) is 30.2 Å². The fourth-order valence-electron chi connectivity index (χ4n) is 1.27. The van der Waals surface area contributed by atoms with Crippen LogP contribution in [-0.4, -0.2) is 6.18 Å². The fourth-order valence-corrected chi connectivity index (χ4v) is 1.71. The largest absolute Gasteiger partial charge is 0.389 e. The van der Waals surface area contributed by atoms with Gasteiger partial charge in [0.15, 0.2) is 0 Å². The molecule has 0 aliphatic carbocycles. The number of alkyl halides is 3. The molecule has 2 N–H and O–H groups in total. The van der Waals surface area contributed by atoms with Crippen LogP contribution in [0.25, 0.3) is 0 Å². The number of rotatable bonds is 3. The first kappa shape index (κ1) is 13.6. The molecule has 0 amide bonds. The topological polar surface area (TPSA) is 26.0 Å². The second kappa shape index (κ2) is 5.25. The Morgan fingerprint density at radius 2 is 1.88 bits per heavy atom. The van der Waals surface area contributed by atoms with Crippen molar-refractivity contribution in [3.63, 3.8) is 0 Å². The van der Waals surface area contributed by atoms with Gasteiger partial charge >= 0.3 is 6.18 Å². The summed E-state index contributed by atoms with van der Waals surface area (Å²) in [6, 6.07) is 3.81. The lowest BCUT2D eigenvalue weighted by Gasteiger charge is -2.15. The Morgan fingerprint density at radius 3 is 2.44 bits per heavy atom. The molecule has 0 aliphatic heterocycles. The smallest absolute Gasteiger partial charge is 0.324 e. The van der Waals surface area contributed by atoms with E-state index in [1.165, 1.54) is 12.1 Å². The lowest BCUT2D eigenvalue weighted by atomic mass is 10.0. The minimum atomic E-state index is -4.21. The van der Waals surface area contributed by atoms with Crippen molar-refractivity contribution in [1.82, 2.24) is 0 Å². The van der Waals surface area contributed by atoms with Gasteiger partial charge in [-0.3, -0.25) is 0 Å². The third kappa shape index (κ3) is 4.20. The van der Waals surface area contributed by atoms with Crippen LogP contribution in [0.1, 0.15) is 24.4 Å². The highest BCUT2D eigenvalue weighted by Crippen LogP contribution is 2.30. The molecule has 0 aromatic heterocycles. The third-order valence-electron chi connectivity index (χ3n) is 2.10. The molecular weight excluding hydrogens is 262 g/mol. The molecule has 1 nitrogen and oxygen atoms in total. The summed E-state index contributed by atoms with van der Waals surface area (Å²) in [5.41, 5.74) is 6.07. The van der Waals surface area contributed by atoms with Crippen LogP contribution in [0.5, 0.6) is 0 Å². The minimum absolute atomic E-state index is 0.205. The van der Waals surface area contributed by atoms with Crippen LogP contribution in [0.4, 0.5) is 13.2 Å². The van der Waals surface area contributed by atoms with Crippen molar-refractivity contribution in [1.29, 1.82) is 0 Å². The first-order valence-electron chi connectivity index (χ1n) is 4.57. The van der Waals surface area contributed by atoms with Crippen LogP contribution in [0, 0.1) is 0 Å². The fraction of sp³-hybridized carbons (Fsp3) is 0.400. The second-order valence-electron chi connectivity index (χ2n) is 3.43. The number of nitrogens with two attached hydrogens (primary N) is 1. The van der Waals surface area contributed by atoms with Crippen molar-refractivity contribution in [2.75, 3.05) is 0 Å². The Kier molecular flexibility index (Phi) is 4.47. The Balaban J connectivity index is 2.73. The normalized spacial score (nSPS) is 13.9. The third-order valence-corrected chi connectivity index (χ3v) is 2.68. The summed E-state index contributed by atoms with van der Waals surface area (Å²) >= 11 is 11.5. The molecule has 1 aromatic carbocycles. The summed E-state index contributed by atoms with van der Waals surface area (Å²) in [7, 11) is 0. The van der Waals surface area contributed by atoms with Crippen LogP contribution in [0.3, 0.4) is 0 Å². The molecule has 1 atom stereocenters. The van der Waals surface area contributed by atoms with Gasteiger partial charge in [0, 0.05) is 22.5 Å². The molecule has 0 spiro atoms. The standard InChI is InChI=1S/C10H10Cl2F3N/c11-6-1-2-8(12)7(5-6)9(16)3-4-10(13,14)15/h1-2,5,9H,3-4,16H2. The van der Waals surface area contributed by atoms with Gasteiger partial charge in [0.25, 0.3) is 0 Å². The van der Waals surface area contributed by atoms with Crippen LogP contribution in [-0.2, 0) is 0 Å². The maximum atomic E-state index is 12.0. The Labute approximate surface area is 101 Å². The van der Waals surface area contributed by atoms with Crippen molar-refractivity contribution in [3.8, 4) is 0 Å². The van der Waals surface area contributed by atoms with Gasteiger partial charge in [0.1, 0.15) is 0 Å². The van der Waals surface area contributed by atoms with E-state index in [0.717, 1.165) is 0 Å². The van der Waals surface area contributed by atoms with Crippen molar-refractivity contribution in [2.24, 2.45) is 5.73 Å². The molecule has 0 fully saturated rings. The van der Waals surface area contributed by atoms with Gasteiger partial charge in [-0.15, -0.1) is 0 Å². The number of hydrogen-bond donors (Lipinski definition) is 1. The molecule has 0 radical (unpaired) electrons. The predicted molar refractivity (Wildman–Crippen MR) is 58.7 cm³/mol. The summed E-state index contributed by atoms with van der Waals surface area (Å²) in [5.74, 6) is 0. The zero-order valence-corrected chi connectivity index (χ0v) is 9.70. The van der Waals surface area contributed by atoms with Crippen LogP contribution >= 0.6 is 23.2 Å². The number of benzene rings is 1. The number of hydrogen-bond acceptors (Lipinski definition) is 1. The van der Waals surface area contributed by atoms with Gasteiger partial charge < -0.3 is 5.73 Å². The Bertz CT molecular complexity index is 366. The molecule has 0 saturated carbocycles.